The lowest BCUT2D eigenvalue weighted by Crippen LogP contribution is -2.18. The van der Waals surface area contributed by atoms with Gasteiger partial charge in [0.25, 0.3) is 0 Å². The monoisotopic (exact) mass is 268 g/mol. The summed E-state index contributed by atoms with van der Waals surface area (Å²) in [6.07, 6.45) is 3.00. The summed E-state index contributed by atoms with van der Waals surface area (Å²) in [6, 6.07) is 8.37. The molecule has 0 saturated carbocycles. The third-order valence-electron chi connectivity index (χ3n) is 3.81. The highest BCUT2D eigenvalue weighted by atomic mass is 15.2. The molecule has 0 saturated heterocycles. The van der Waals surface area contributed by atoms with Crippen LogP contribution in [0.2, 0.25) is 0 Å². The Hall–Kier alpha value is -2.10. The Labute approximate surface area is 120 Å². The summed E-state index contributed by atoms with van der Waals surface area (Å²) >= 11 is 0. The molecule has 0 amide bonds. The van der Waals surface area contributed by atoms with Crippen molar-refractivity contribution in [3.63, 3.8) is 0 Å². The van der Waals surface area contributed by atoms with Gasteiger partial charge in [0.05, 0.1) is 11.4 Å². The molecule has 1 aliphatic heterocycles. The fraction of sp³-hybridized carbons (Fsp3) is 0.375. The van der Waals surface area contributed by atoms with Crippen LogP contribution in [0.4, 0.5) is 11.5 Å². The molecule has 3 heterocycles. The van der Waals surface area contributed by atoms with E-state index < -0.39 is 0 Å². The molecule has 0 radical (unpaired) electrons. The van der Waals surface area contributed by atoms with Gasteiger partial charge in [0.2, 0.25) is 0 Å². The van der Waals surface area contributed by atoms with Gasteiger partial charge < -0.3 is 9.80 Å². The predicted octanol–water partition coefficient (Wildman–Crippen LogP) is 2.73. The maximum absolute atomic E-state index is 4.87. The Morgan fingerprint density at radius 3 is 2.65 bits per heavy atom. The number of fused-ring (bicyclic) bond motifs is 1. The van der Waals surface area contributed by atoms with Crippen LogP contribution >= 0.6 is 0 Å². The van der Waals surface area contributed by atoms with Crippen LogP contribution in [-0.4, -0.2) is 37.2 Å². The average Bonchev–Trinajstić information content (AvgIpc) is 2.59. The largest absolute Gasteiger partial charge is 0.372 e. The normalized spacial score (nSPS) is 14.9. The van der Waals surface area contributed by atoms with E-state index >= 15 is 0 Å². The highest BCUT2D eigenvalue weighted by Crippen LogP contribution is 2.31. The zero-order valence-electron chi connectivity index (χ0n) is 12.3. The molecule has 0 atom stereocenters. The van der Waals surface area contributed by atoms with Crippen LogP contribution in [0.15, 0.2) is 30.5 Å². The second-order valence-corrected chi connectivity index (χ2v) is 5.42. The molecule has 0 fully saturated rings. The van der Waals surface area contributed by atoms with Crippen LogP contribution < -0.4 is 9.80 Å². The van der Waals surface area contributed by atoms with E-state index in [1.165, 1.54) is 5.69 Å². The minimum Gasteiger partial charge on any atom is -0.372 e. The van der Waals surface area contributed by atoms with Crippen molar-refractivity contribution < 1.29 is 0 Å². The number of hydrogen-bond acceptors (Lipinski definition) is 4. The summed E-state index contributed by atoms with van der Waals surface area (Å²) in [5.41, 5.74) is 4.36. The van der Waals surface area contributed by atoms with E-state index in [1.54, 1.807) is 0 Å². The second kappa shape index (κ2) is 5.12. The summed E-state index contributed by atoms with van der Waals surface area (Å²) in [6.45, 7) is 4.13. The van der Waals surface area contributed by atoms with E-state index in [1.807, 2.05) is 19.2 Å². The molecule has 2 aromatic rings. The van der Waals surface area contributed by atoms with Gasteiger partial charge in [-0.2, -0.15) is 0 Å². The van der Waals surface area contributed by atoms with Gasteiger partial charge in [-0.15, -0.1) is 0 Å². The zero-order valence-corrected chi connectivity index (χ0v) is 12.3. The summed E-state index contributed by atoms with van der Waals surface area (Å²) in [4.78, 5) is 13.7. The van der Waals surface area contributed by atoms with Crippen molar-refractivity contribution >= 4 is 11.5 Å². The van der Waals surface area contributed by atoms with Crippen molar-refractivity contribution in [2.75, 3.05) is 37.0 Å². The maximum atomic E-state index is 4.87. The van der Waals surface area contributed by atoms with Crippen molar-refractivity contribution in [1.82, 2.24) is 9.97 Å². The van der Waals surface area contributed by atoms with E-state index in [0.717, 1.165) is 42.3 Å². The minimum atomic E-state index is 1.01. The first-order chi connectivity index (χ1) is 9.65. The third kappa shape index (κ3) is 2.33. The van der Waals surface area contributed by atoms with Gasteiger partial charge in [0, 0.05) is 44.6 Å². The van der Waals surface area contributed by atoms with Gasteiger partial charge in [-0.05, 0) is 37.6 Å². The lowest BCUT2D eigenvalue weighted by Gasteiger charge is -2.21. The molecule has 0 bridgehead atoms. The molecule has 0 aliphatic carbocycles. The predicted molar refractivity (Wildman–Crippen MR) is 83.4 cm³/mol. The van der Waals surface area contributed by atoms with Crippen LogP contribution in [0.5, 0.6) is 0 Å². The number of aryl methyl sites for hydroxylation is 1. The van der Waals surface area contributed by atoms with Crippen molar-refractivity contribution in [1.29, 1.82) is 0 Å². The molecule has 0 spiro atoms. The van der Waals surface area contributed by atoms with E-state index in [9.17, 15) is 0 Å². The molecule has 1 aliphatic rings. The van der Waals surface area contributed by atoms with Crippen LogP contribution in [0.25, 0.3) is 11.3 Å². The molecular formula is C16H20N4. The first-order valence-corrected chi connectivity index (χ1v) is 7.01. The zero-order chi connectivity index (χ0) is 14.1. The van der Waals surface area contributed by atoms with E-state index in [2.05, 4.69) is 47.1 Å². The summed E-state index contributed by atoms with van der Waals surface area (Å²) in [7, 11) is 4.25. The molecule has 3 rings (SSSR count). The smallest absolute Gasteiger partial charge is 0.152 e. The van der Waals surface area contributed by atoms with E-state index in [0.29, 0.717) is 0 Å². The van der Waals surface area contributed by atoms with Gasteiger partial charge in [-0.1, -0.05) is 0 Å². The number of rotatable bonds is 1. The number of pyridine rings is 2. The molecule has 4 heteroatoms. The molecule has 104 valence electrons. The SMILES string of the molecule is Cc1cc(-c2ccc3c(n2)N(C)CCCN3C)ccn1. The topological polar surface area (TPSA) is 32.3 Å². The van der Waals surface area contributed by atoms with Gasteiger partial charge in [-0.25, -0.2) is 4.98 Å². The highest BCUT2D eigenvalue weighted by Gasteiger charge is 2.18. The molecule has 0 aromatic carbocycles. The number of aromatic nitrogens is 2. The Morgan fingerprint density at radius 2 is 1.85 bits per heavy atom. The molecule has 4 nitrogen and oxygen atoms in total. The first-order valence-electron chi connectivity index (χ1n) is 7.01. The van der Waals surface area contributed by atoms with Gasteiger partial charge in [0.1, 0.15) is 0 Å². The second-order valence-electron chi connectivity index (χ2n) is 5.42. The number of anilines is 2. The molecular weight excluding hydrogens is 248 g/mol. The van der Waals surface area contributed by atoms with E-state index in [4.69, 9.17) is 4.98 Å². The Kier molecular flexibility index (Phi) is 3.30. The standard InChI is InChI=1S/C16H20N4/c1-12-11-13(7-8-17-12)14-5-6-15-16(18-14)20(3)10-4-9-19(15)2/h5-8,11H,4,9-10H2,1-3H3. The van der Waals surface area contributed by atoms with Gasteiger partial charge in [-0.3, -0.25) is 4.98 Å². The van der Waals surface area contributed by atoms with Crippen molar-refractivity contribution in [2.24, 2.45) is 0 Å². The molecule has 2 aromatic heterocycles. The fourth-order valence-corrected chi connectivity index (χ4v) is 2.66. The first kappa shape index (κ1) is 12.9. The van der Waals surface area contributed by atoms with Crippen molar-refractivity contribution in [2.45, 2.75) is 13.3 Å². The average molecular weight is 268 g/mol. The maximum Gasteiger partial charge on any atom is 0.152 e. The Bertz CT molecular complexity index is 624. The van der Waals surface area contributed by atoms with Crippen molar-refractivity contribution in [3.05, 3.63) is 36.2 Å². The van der Waals surface area contributed by atoms with Crippen LogP contribution in [0.1, 0.15) is 12.1 Å². The fourth-order valence-electron chi connectivity index (χ4n) is 2.66. The number of hydrogen-bond donors (Lipinski definition) is 0. The van der Waals surface area contributed by atoms with Crippen LogP contribution in [-0.2, 0) is 0 Å². The highest BCUT2D eigenvalue weighted by molar-refractivity contribution is 5.72. The lowest BCUT2D eigenvalue weighted by atomic mass is 10.1. The third-order valence-corrected chi connectivity index (χ3v) is 3.81. The summed E-state index contributed by atoms with van der Waals surface area (Å²) in [5.74, 6) is 1.07. The van der Waals surface area contributed by atoms with Crippen LogP contribution in [0.3, 0.4) is 0 Å². The number of nitrogens with zero attached hydrogens (tertiary/aromatic N) is 4. The lowest BCUT2D eigenvalue weighted by molar-refractivity contribution is 0.788. The Balaban J connectivity index is 2.08. The summed E-state index contributed by atoms with van der Waals surface area (Å²) < 4.78 is 0. The quantitative estimate of drug-likeness (QED) is 0.796. The van der Waals surface area contributed by atoms with Gasteiger partial charge in [0.15, 0.2) is 5.82 Å². The minimum absolute atomic E-state index is 1.01. The molecule has 0 unspecified atom stereocenters. The summed E-state index contributed by atoms with van der Waals surface area (Å²) in [5, 5.41) is 0. The Morgan fingerprint density at radius 1 is 1.05 bits per heavy atom. The molecule has 0 N–H and O–H groups in total. The van der Waals surface area contributed by atoms with Crippen molar-refractivity contribution in [3.8, 4) is 11.3 Å². The van der Waals surface area contributed by atoms with Crippen LogP contribution in [0, 0.1) is 6.92 Å². The van der Waals surface area contributed by atoms with E-state index in [-0.39, 0.29) is 0 Å². The molecule has 20 heavy (non-hydrogen) atoms. The van der Waals surface area contributed by atoms with Gasteiger partial charge >= 0.3 is 0 Å².